The van der Waals surface area contributed by atoms with E-state index in [-0.39, 0.29) is 51.5 Å². The van der Waals surface area contributed by atoms with Crippen LogP contribution in [0.3, 0.4) is 0 Å². The number of piperazine rings is 1. The number of ether oxygens (including phenoxy) is 1. The number of carbonyl (C=O) groups is 6. The summed E-state index contributed by atoms with van der Waals surface area (Å²) >= 11 is 0.916. The van der Waals surface area contributed by atoms with Gasteiger partial charge in [-0.05, 0) is 92.1 Å². The highest BCUT2D eigenvalue weighted by Crippen LogP contribution is 2.35. The van der Waals surface area contributed by atoms with E-state index in [4.69, 9.17) is 4.74 Å². The monoisotopic (exact) mass is 962 g/mol. The predicted molar refractivity (Wildman–Crippen MR) is 249 cm³/mol. The zero-order valence-electron chi connectivity index (χ0n) is 36.2. The molecule has 21 nitrogen and oxygen atoms in total. The van der Waals surface area contributed by atoms with Gasteiger partial charge in [0.2, 0.25) is 23.5 Å². The molecule has 3 aliphatic rings. The van der Waals surface area contributed by atoms with Crippen molar-refractivity contribution in [3.8, 4) is 5.88 Å². The number of thiophene rings is 1. The molecule has 0 spiro atoms. The summed E-state index contributed by atoms with van der Waals surface area (Å²) < 4.78 is 34.1. The average Bonchev–Trinajstić information content (AvgIpc) is 3.92. The largest absolute Gasteiger partial charge is 0.478 e. The Hall–Kier alpha value is -8.05. The van der Waals surface area contributed by atoms with Crippen molar-refractivity contribution in [3.63, 3.8) is 0 Å². The Labute approximate surface area is 392 Å². The topological polar surface area (TPSA) is 273 Å². The minimum atomic E-state index is -4.15. The summed E-state index contributed by atoms with van der Waals surface area (Å²) in [4.78, 5) is 101. The van der Waals surface area contributed by atoms with E-state index in [1.807, 2.05) is 17.0 Å². The minimum absolute atomic E-state index is 0.0407. The standard InChI is InChI=1S/C45H42N10O11S2/c1-66-43-40(51-68(64,65)32-15-9-28(10-16-32)48-36(56)18-13-31-14-20-38(67-31)55(62)63)47-26-29(49-43)4-3-21-46-41(58)27-7-11-30(12-8-27)52-22-24-53(25-23-52)34-6-2-5-33-39(34)45(61)54(44(33)60)35-17-19-37(57)50-42(35)59/h2,5-16,18,20,26,35H,3-4,17,19,21-25H2,1H3,(H,46,58)(H,47,51)(H,48,56)(H,50,57,59)/b18-13+. The van der Waals surface area contributed by atoms with Gasteiger partial charge >= 0.3 is 5.00 Å². The van der Waals surface area contributed by atoms with E-state index in [1.54, 1.807) is 30.3 Å². The molecule has 1 atom stereocenters. The molecule has 5 heterocycles. The number of imide groups is 2. The van der Waals surface area contributed by atoms with Gasteiger partial charge in [-0.3, -0.25) is 53.8 Å². The van der Waals surface area contributed by atoms with Crippen LogP contribution in [0.25, 0.3) is 6.08 Å². The Morgan fingerprint density at radius 2 is 1.69 bits per heavy atom. The third-order valence-corrected chi connectivity index (χ3v) is 13.7. The second-order valence-corrected chi connectivity index (χ2v) is 18.4. The number of anilines is 4. The van der Waals surface area contributed by atoms with Crippen molar-refractivity contribution in [3.05, 3.63) is 129 Å². The van der Waals surface area contributed by atoms with Crippen molar-refractivity contribution < 1.29 is 46.8 Å². The van der Waals surface area contributed by atoms with Crippen LogP contribution in [-0.2, 0) is 30.8 Å². The Kier molecular flexibility index (Phi) is 13.5. The van der Waals surface area contributed by atoms with Crippen LogP contribution in [0.2, 0.25) is 0 Å². The van der Waals surface area contributed by atoms with Crippen molar-refractivity contribution in [1.29, 1.82) is 0 Å². The van der Waals surface area contributed by atoms with E-state index < -0.39 is 50.5 Å². The van der Waals surface area contributed by atoms with Crippen LogP contribution in [0.15, 0.2) is 96.0 Å². The van der Waals surface area contributed by atoms with Crippen LogP contribution in [0.5, 0.6) is 5.88 Å². The molecule has 0 saturated carbocycles. The normalized spacial score (nSPS) is 16.1. The fraction of sp³-hybridized carbons (Fsp3) is 0.244. The average molecular weight is 963 g/mol. The molecule has 0 radical (unpaired) electrons. The Morgan fingerprint density at radius 3 is 2.38 bits per heavy atom. The summed E-state index contributed by atoms with van der Waals surface area (Å²) in [5, 5.41) is 18.5. The summed E-state index contributed by atoms with van der Waals surface area (Å²) in [5.41, 5.74) is 3.29. The van der Waals surface area contributed by atoms with Crippen LogP contribution in [0, 0.1) is 10.1 Å². The van der Waals surface area contributed by atoms with Crippen LogP contribution in [-0.4, -0.2) is 110 Å². The van der Waals surface area contributed by atoms with E-state index >= 15 is 0 Å². The highest BCUT2D eigenvalue weighted by atomic mass is 32.2. The number of benzene rings is 3. The first kappa shape index (κ1) is 46.5. The first-order valence-electron chi connectivity index (χ1n) is 21.2. The molecular formula is C45H42N10O11S2. The lowest BCUT2D eigenvalue weighted by Gasteiger charge is -2.38. The maximum atomic E-state index is 13.6. The number of hydrogen-bond acceptors (Lipinski definition) is 16. The highest BCUT2D eigenvalue weighted by molar-refractivity contribution is 7.92. The van der Waals surface area contributed by atoms with Crippen LogP contribution >= 0.6 is 11.3 Å². The number of carbonyl (C=O) groups excluding carboxylic acids is 6. The molecule has 0 bridgehead atoms. The quantitative estimate of drug-likeness (QED) is 0.0358. The SMILES string of the molecule is COc1nc(CCCNC(=O)c2ccc(N3CCN(c4cccc5c4C(=O)N(C4CCC(=O)NC4=O)C5=O)CC3)cc2)cnc1NS(=O)(=O)c1ccc(NC(=O)/C=C/c2ccc([N+](=O)[O-])s2)cc1. The molecule has 4 N–H and O–H groups in total. The molecule has 2 fully saturated rings. The molecule has 1 unspecified atom stereocenters. The van der Waals surface area contributed by atoms with E-state index in [2.05, 4.69) is 35.5 Å². The fourth-order valence-electron chi connectivity index (χ4n) is 7.88. The lowest BCUT2D eigenvalue weighted by molar-refractivity contribution is -0.380. The van der Waals surface area contributed by atoms with Gasteiger partial charge in [0, 0.05) is 73.1 Å². The first-order valence-corrected chi connectivity index (χ1v) is 23.5. The van der Waals surface area contributed by atoms with Crippen molar-refractivity contribution in [2.75, 3.05) is 59.7 Å². The molecule has 5 aromatic rings. The van der Waals surface area contributed by atoms with Gasteiger partial charge < -0.3 is 25.2 Å². The number of amides is 6. The third kappa shape index (κ3) is 10.2. The third-order valence-electron chi connectivity index (χ3n) is 11.3. The number of rotatable bonds is 16. The zero-order chi connectivity index (χ0) is 48.1. The molecule has 6 amide bonds. The molecule has 3 aromatic carbocycles. The lowest BCUT2D eigenvalue weighted by atomic mass is 10.0. The van der Waals surface area contributed by atoms with Gasteiger partial charge in [0.1, 0.15) is 6.04 Å². The smallest absolute Gasteiger partial charge is 0.324 e. The summed E-state index contributed by atoms with van der Waals surface area (Å²) in [6, 6.07) is 19.5. The maximum absolute atomic E-state index is 13.6. The summed E-state index contributed by atoms with van der Waals surface area (Å²) in [7, 11) is -2.82. The van der Waals surface area contributed by atoms with Gasteiger partial charge in [-0.1, -0.05) is 17.4 Å². The van der Waals surface area contributed by atoms with Gasteiger partial charge in [0.05, 0.1) is 45.6 Å². The first-order chi connectivity index (χ1) is 32.7. The second kappa shape index (κ2) is 19.8. The van der Waals surface area contributed by atoms with Crippen LogP contribution < -0.4 is 35.2 Å². The molecule has 8 rings (SSSR count). The van der Waals surface area contributed by atoms with Crippen molar-refractivity contribution in [2.45, 2.75) is 36.6 Å². The van der Waals surface area contributed by atoms with Gasteiger partial charge in [-0.2, -0.15) is 0 Å². The molecule has 23 heteroatoms. The van der Waals surface area contributed by atoms with Crippen molar-refractivity contribution in [1.82, 2.24) is 25.5 Å². The van der Waals surface area contributed by atoms with Gasteiger partial charge in [0.25, 0.3) is 33.6 Å². The number of aryl methyl sites for hydroxylation is 1. The number of nitrogens with zero attached hydrogens (tertiary/aromatic N) is 6. The van der Waals surface area contributed by atoms with Gasteiger partial charge in [-0.15, -0.1) is 0 Å². The highest BCUT2D eigenvalue weighted by Gasteiger charge is 2.46. The lowest BCUT2D eigenvalue weighted by Crippen LogP contribution is -2.54. The van der Waals surface area contributed by atoms with Gasteiger partial charge in [0.15, 0.2) is 0 Å². The Bertz CT molecular complexity index is 2970. The molecule has 350 valence electrons. The summed E-state index contributed by atoms with van der Waals surface area (Å²) in [6.45, 7) is 2.60. The Balaban J connectivity index is 0.782. The van der Waals surface area contributed by atoms with Crippen LogP contribution in [0.1, 0.15) is 60.9 Å². The predicted octanol–water partition coefficient (Wildman–Crippen LogP) is 4.00. The number of sulfonamides is 1. The number of nitro groups is 1. The van der Waals surface area contributed by atoms with E-state index in [0.29, 0.717) is 73.1 Å². The number of fused-ring (bicyclic) bond motifs is 1. The second-order valence-electron chi connectivity index (χ2n) is 15.6. The summed E-state index contributed by atoms with van der Waals surface area (Å²) in [6.07, 6.45) is 5.05. The minimum Gasteiger partial charge on any atom is -0.478 e. The number of nitrogens with one attached hydrogen (secondary N) is 4. The van der Waals surface area contributed by atoms with Crippen LogP contribution in [0.4, 0.5) is 27.9 Å². The van der Waals surface area contributed by atoms with E-state index in [1.165, 1.54) is 61.9 Å². The molecule has 0 aliphatic carbocycles. The van der Waals surface area contributed by atoms with Crippen molar-refractivity contribution >= 4 is 90.8 Å². The Morgan fingerprint density at radius 1 is 0.956 bits per heavy atom. The van der Waals surface area contributed by atoms with E-state index in [0.717, 1.165) is 21.9 Å². The molecule has 3 aliphatic heterocycles. The fourth-order valence-corrected chi connectivity index (χ4v) is 9.61. The van der Waals surface area contributed by atoms with E-state index in [9.17, 15) is 47.3 Å². The zero-order valence-corrected chi connectivity index (χ0v) is 37.8. The van der Waals surface area contributed by atoms with Crippen molar-refractivity contribution in [2.24, 2.45) is 0 Å². The number of piperidine rings is 1. The molecule has 68 heavy (non-hydrogen) atoms. The molecular weight excluding hydrogens is 921 g/mol. The number of aromatic nitrogens is 2. The van der Waals surface area contributed by atoms with Gasteiger partial charge in [-0.25, -0.2) is 18.4 Å². The maximum Gasteiger partial charge on any atom is 0.324 e. The number of hydrogen-bond donors (Lipinski definition) is 4. The molecule has 2 aromatic heterocycles. The summed E-state index contributed by atoms with van der Waals surface area (Å²) in [5.74, 6) is -3.18. The molecule has 2 saturated heterocycles. The number of methoxy groups -OCH3 is 1.